The summed E-state index contributed by atoms with van der Waals surface area (Å²) in [6.07, 6.45) is 13.2. The Morgan fingerprint density at radius 1 is 0.875 bits per heavy atom. The number of nitrogens with zero attached hydrogens (tertiary/aromatic N) is 2. The summed E-state index contributed by atoms with van der Waals surface area (Å²) < 4.78 is 7.54. The summed E-state index contributed by atoms with van der Waals surface area (Å²) in [7, 11) is 0. The standard InChI is InChI=1S/C24H22NO.C19H26GeN.Ir/c1-16-6-8-20-21-15-19(7-9-23(21)26-24(20)12-16)22-14-18(10-11-25-22)13-17-4-2-3-5-17;1-6-15(2)12-17-13-19(16-10-8-7-9-11-16)21-14-18(17)20(3,4)5;/h6,8-12,14-15,17H,2-5,13H2,1H3;7-10,13-15H,6,12H2,1-5H3;/q2*-1;. The molecule has 3 nitrogen and oxygen atoms in total. The molecule has 1 radical (unpaired) electrons. The van der Waals surface area contributed by atoms with Gasteiger partial charge in [0.05, 0.1) is 5.58 Å². The number of fused-ring (bicyclic) bond motifs is 3. The van der Waals surface area contributed by atoms with Crippen LogP contribution in [0.15, 0.2) is 89.6 Å². The van der Waals surface area contributed by atoms with E-state index in [-0.39, 0.29) is 20.1 Å². The van der Waals surface area contributed by atoms with Crippen LogP contribution in [0.3, 0.4) is 0 Å². The van der Waals surface area contributed by atoms with Gasteiger partial charge in [-0.25, -0.2) is 0 Å². The summed E-state index contributed by atoms with van der Waals surface area (Å²) in [6, 6.07) is 32.0. The van der Waals surface area contributed by atoms with Gasteiger partial charge in [0.25, 0.3) is 0 Å². The minimum Gasteiger partial charge on any atom is -0.500 e. The molecule has 7 rings (SSSR count). The number of aromatic nitrogens is 2. The maximum absolute atomic E-state index is 5.98. The second-order valence-corrected chi connectivity index (χ2v) is 25.2. The van der Waals surface area contributed by atoms with Crippen LogP contribution in [0, 0.1) is 30.9 Å². The number of furan rings is 1. The molecule has 3 aromatic carbocycles. The molecule has 0 aliphatic heterocycles. The molecule has 1 atom stereocenters. The molecule has 0 spiro atoms. The SMILES string of the molecule is CCC(C)Cc1cc(-c2[c-]cccc2)nc[c]1[Ge]([CH3])([CH3])[CH3].Cc1ccc2c(c1)oc1c[c-]c(-c3cc(CC4CCCC4)ccn3)cc12.[Ir]. The van der Waals surface area contributed by atoms with Crippen molar-refractivity contribution in [3.05, 3.63) is 114 Å². The molecule has 1 saturated carbocycles. The first-order valence-corrected chi connectivity index (χ1v) is 24.8. The Morgan fingerprint density at radius 2 is 1.67 bits per heavy atom. The predicted molar refractivity (Wildman–Crippen MR) is 201 cm³/mol. The molecule has 5 heteroatoms. The summed E-state index contributed by atoms with van der Waals surface area (Å²) in [5.74, 6) is 8.92. The first-order chi connectivity index (χ1) is 22.7. The van der Waals surface area contributed by atoms with E-state index in [0.717, 1.165) is 62.7 Å². The van der Waals surface area contributed by atoms with Gasteiger partial charge in [0.2, 0.25) is 0 Å². The Bertz CT molecular complexity index is 1950. The number of rotatable bonds is 8. The van der Waals surface area contributed by atoms with Crippen molar-refractivity contribution >= 4 is 39.6 Å². The summed E-state index contributed by atoms with van der Waals surface area (Å²) in [4.78, 5) is 9.33. The third-order valence-electron chi connectivity index (χ3n) is 9.71. The minimum atomic E-state index is -1.87. The van der Waals surface area contributed by atoms with E-state index in [1.54, 1.807) is 4.40 Å². The molecule has 3 heterocycles. The van der Waals surface area contributed by atoms with E-state index in [1.165, 1.54) is 55.2 Å². The van der Waals surface area contributed by atoms with E-state index >= 15 is 0 Å². The van der Waals surface area contributed by atoms with Gasteiger partial charge in [-0.05, 0) is 42.7 Å². The molecular weight excluding hydrogens is 825 g/mol. The van der Waals surface area contributed by atoms with E-state index in [0.29, 0.717) is 0 Å². The zero-order chi connectivity index (χ0) is 33.0. The summed E-state index contributed by atoms with van der Waals surface area (Å²) >= 11 is -1.87. The van der Waals surface area contributed by atoms with E-state index in [2.05, 4.69) is 116 Å². The Balaban J connectivity index is 0.000000189. The Labute approximate surface area is 303 Å². The van der Waals surface area contributed by atoms with Gasteiger partial charge in [-0.15, -0.1) is 23.8 Å². The molecule has 251 valence electrons. The Morgan fingerprint density at radius 3 is 2.40 bits per heavy atom. The molecule has 0 bridgehead atoms. The average Bonchev–Trinajstić information content (AvgIpc) is 3.72. The van der Waals surface area contributed by atoms with Crippen LogP contribution in [-0.2, 0) is 32.9 Å². The fraction of sp³-hybridized carbons (Fsp3) is 0.349. The normalized spacial score (nSPS) is 14.0. The number of pyridine rings is 2. The van der Waals surface area contributed by atoms with Crippen LogP contribution >= 0.6 is 0 Å². The van der Waals surface area contributed by atoms with Gasteiger partial charge < -0.3 is 9.40 Å². The number of hydrogen-bond acceptors (Lipinski definition) is 3. The quantitative estimate of drug-likeness (QED) is 0.113. The van der Waals surface area contributed by atoms with Crippen LogP contribution in [-0.4, -0.2) is 23.2 Å². The van der Waals surface area contributed by atoms with Crippen molar-refractivity contribution in [3.8, 4) is 22.5 Å². The van der Waals surface area contributed by atoms with Crippen LogP contribution < -0.4 is 4.40 Å². The average molecular weight is 874 g/mol. The van der Waals surface area contributed by atoms with Crippen molar-refractivity contribution in [3.63, 3.8) is 0 Å². The molecule has 48 heavy (non-hydrogen) atoms. The van der Waals surface area contributed by atoms with Crippen molar-refractivity contribution < 1.29 is 24.5 Å². The second-order valence-electron chi connectivity index (χ2n) is 14.6. The van der Waals surface area contributed by atoms with Crippen LogP contribution in [0.25, 0.3) is 44.5 Å². The van der Waals surface area contributed by atoms with Crippen LogP contribution in [0.2, 0.25) is 17.3 Å². The largest absolute Gasteiger partial charge is 0.500 e. The third kappa shape index (κ3) is 8.75. The van der Waals surface area contributed by atoms with Crippen molar-refractivity contribution in [1.82, 2.24) is 9.97 Å². The third-order valence-corrected chi connectivity index (χ3v) is 14.0. The van der Waals surface area contributed by atoms with Crippen LogP contribution in [0.5, 0.6) is 0 Å². The topological polar surface area (TPSA) is 38.9 Å². The van der Waals surface area contributed by atoms with E-state index in [4.69, 9.17) is 9.40 Å². The van der Waals surface area contributed by atoms with Gasteiger partial charge in [0.1, 0.15) is 5.58 Å². The summed E-state index contributed by atoms with van der Waals surface area (Å²) in [6.45, 7) is 6.70. The number of benzene rings is 3. The first-order valence-electron chi connectivity index (χ1n) is 17.4. The summed E-state index contributed by atoms with van der Waals surface area (Å²) in [5.41, 5.74) is 10.1. The molecule has 1 fully saturated rings. The van der Waals surface area contributed by atoms with Gasteiger partial charge in [0.15, 0.2) is 0 Å². The zero-order valence-electron chi connectivity index (χ0n) is 29.3. The zero-order valence-corrected chi connectivity index (χ0v) is 33.8. The Kier molecular flexibility index (Phi) is 12.2. The first kappa shape index (κ1) is 36.2. The molecule has 6 aromatic rings. The predicted octanol–water partition coefficient (Wildman–Crippen LogP) is 11.2. The molecule has 0 N–H and O–H groups in total. The maximum Gasteiger partial charge on any atom is 0.121 e. The molecule has 1 unspecified atom stereocenters. The van der Waals surface area contributed by atoms with Crippen molar-refractivity contribution in [1.29, 1.82) is 0 Å². The molecule has 0 saturated heterocycles. The van der Waals surface area contributed by atoms with Gasteiger partial charge in [-0.3, -0.25) is 0 Å². The van der Waals surface area contributed by atoms with E-state index in [1.807, 2.05) is 24.4 Å². The van der Waals surface area contributed by atoms with Crippen LogP contribution in [0.1, 0.15) is 62.6 Å². The molecule has 1 aliphatic rings. The monoisotopic (exact) mass is 875 g/mol. The van der Waals surface area contributed by atoms with E-state index < -0.39 is 13.3 Å². The fourth-order valence-corrected chi connectivity index (χ4v) is 10.2. The van der Waals surface area contributed by atoms with E-state index in [9.17, 15) is 0 Å². The van der Waals surface area contributed by atoms with Crippen molar-refractivity contribution in [2.45, 2.75) is 83.0 Å². The summed E-state index contributed by atoms with van der Waals surface area (Å²) in [5, 5.41) is 2.29. The second kappa shape index (κ2) is 16.1. The van der Waals surface area contributed by atoms with Crippen molar-refractivity contribution in [2.24, 2.45) is 11.8 Å². The smallest absolute Gasteiger partial charge is 0.121 e. The van der Waals surface area contributed by atoms with Crippen molar-refractivity contribution in [2.75, 3.05) is 0 Å². The number of hydrogen-bond donors (Lipinski definition) is 0. The van der Waals surface area contributed by atoms with Gasteiger partial charge in [-0.1, -0.05) is 54.8 Å². The molecular formula is C43H48GeIrN2O-2. The maximum atomic E-state index is 5.98. The van der Waals surface area contributed by atoms with Gasteiger partial charge >= 0.3 is 132 Å². The number of aryl methyl sites for hydroxylation is 1. The molecule has 1 aliphatic carbocycles. The molecule has 0 amide bonds. The van der Waals surface area contributed by atoms with Gasteiger partial charge in [0, 0.05) is 31.7 Å². The molecule has 3 aromatic heterocycles. The van der Waals surface area contributed by atoms with Gasteiger partial charge in [-0.2, -0.15) is 0 Å². The Hall–Kier alpha value is -3.05. The minimum absolute atomic E-state index is 0. The van der Waals surface area contributed by atoms with Crippen LogP contribution in [0.4, 0.5) is 0 Å². The fourth-order valence-electron chi connectivity index (χ4n) is 6.83.